The number of carbonyl (C=O) groups excluding carboxylic acids is 1. The van der Waals surface area contributed by atoms with Gasteiger partial charge >= 0.3 is 13.6 Å². The maximum atomic E-state index is 12.3. The lowest BCUT2D eigenvalue weighted by Gasteiger charge is -2.17. The summed E-state index contributed by atoms with van der Waals surface area (Å²) < 4.78 is 22.5. The molecular formula is C13H19O4P. The van der Waals surface area contributed by atoms with Crippen LogP contribution in [0.5, 0.6) is 0 Å². The van der Waals surface area contributed by atoms with Gasteiger partial charge in [-0.1, -0.05) is 43.7 Å². The molecule has 0 heterocycles. The second-order valence-electron chi connectivity index (χ2n) is 4.03. The molecule has 100 valence electrons. The van der Waals surface area contributed by atoms with Crippen LogP contribution in [0.1, 0.15) is 32.3 Å². The van der Waals surface area contributed by atoms with Gasteiger partial charge in [0.2, 0.25) is 0 Å². The van der Waals surface area contributed by atoms with Gasteiger partial charge in [0.15, 0.2) is 0 Å². The van der Waals surface area contributed by atoms with Gasteiger partial charge in [0.25, 0.3) is 0 Å². The highest BCUT2D eigenvalue weighted by Crippen LogP contribution is 2.49. The van der Waals surface area contributed by atoms with Gasteiger partial charge in [0.05, 0.1) is 12.8 Å². The zero-order valence-electron chi connectivity index (χ0n) is 10.8. The lowest BCUT2D eigenvalue weighted by atomic mass is 10.2. The summed E-state index contributed by atoms with van der Waals surface area (Å²) in [6.07, 6.45) is 1.86. The quantitative estimate of drug-likeness (QED) is 0.708. The van der Waals surface area contributed by atoms with Crippen LogP contribution in [-0.4, -0.2) is 12.1 Å². The summed E-state index contributed by atoms with van der Waals surface area (Å²) in [5.41, 5.74) is 0.904. The Hall–Kier alpha value is -1.12. The minimum absolute atomic E-state index is 0.190. The Labute approximate surface area is 108 Å². The van der Waals surface area contributed by atoms with E-state index in [0.717, 1.165) is 12.0 Å². The van der Waals surface area contributed by atoms with Crippen LogP contribution >= 0.6 is 7.60 Å². The summed E-state index contributed by atoms with van der Waals surface area (Å²) in [7, 11) is -3.31. The van der Waals surface area contributed by atoms with Crippen molar-refractivity contribution in [3.05, 3.63) is 35.9 Å². The van der Waals surface area contributed by atoms with Crippen LogP contribution in [0.2, 0.25) is 0 Å². The molecular weight excluding hydrogens is 251 g/mol. The lowest BCUT2D eigenvalue weighted by molar-refractivity contribution is -0.132. The average Bonchev–Trinajstić information content (AvgIpc) is 2.35. The van der Waals surface area contributed by atoms with Gasteiger partial charge in [-0.3, -0.25) is 9.32 Å². The standard InChI is InChI=1S/C13H19O4P/c1-3-4-10-18(15,17-12(2)14)16-11-13-8-6-5-7-9-13/h5-9H,3-4,10-11H2,1-2H3. The normalized spacial score (nSPS) is 13.9. The predicted octanol–water partition coefficient (Wildman–Crippen LogP) is 3.76. The second kappa shape index (κ2) is 7.34. The van der Waals surface area contributed by atoms with Crippen molar-refractivity contribution in [3.8, 4) is 0 Å². The molecule has 5 heteroatoms. The Kier molecular flexibility index (Phi) is 6.10. The van der Waals surface area contributed by atoms with Gasteiger partial charge in [-0.15, -0.1) is 0 Å². The molecule has 0 bridgehead atoms. The number of hydrogen-bond acceptors (Lipinski definition) is 4. The molecule has 0 radical (unpaired) electrons. The van der Waals surface area contributed by atoms with Gasteiger partial charge in [0.1, 0.15) is 0 Å². The smallest absolute Gasteiger partial charge is 0.381 e. The van der Waals surface area contributed by atoms with E-state index >= 15 is 0 Å². The minimum atomic E-state index is -3.31. The molecule has 0 N–H and O–H groups in total. The third-order valence-electron chi connectivity index (χ3n) is 2.32. The number of benzene rings is 1. The van der Waals surface area contributed by atoms with Crippen molar-refractivity contribution in [1.29, 1.82) is 0 Å². The molecule has 18 heavy (non-hydrogen) atoms. The number of rotatable bonds is 7. The van der Waals surface area contributed by atoms with Crippen molar-refractivity contribution >= 4 is 13.6 Å². The van der Waals surface area contributed by atoms with E-state index in [1.807, 2.05) is 37.3 Å². The van der Waals surface area contributed by atoms with Crippen LogP contribution in [0.4, 0.5) is 0 Å². The Balaban J connectivity index is 2.61. The lowest BCUT2D eigenvalue weighted by Crippen LogP contribution is -2.04. The molecule has 1 aromatic rings. The van der Waals surface area contributed by atoms with Crippen molar-refractivity contribution in [1.82, 2.24) is 0 Å². The van der Waals surface area contributed by atoms with Crippen molar-refractivity contribution in [3.63, 3.8) is 0 Å². The largest absolute Gasteiger partial charge is 0.392 e. The zero-order valence-corrected chi connectivity index (χ0v) is 11.7. The van der Waals surface area contributed by atoms with E-state index in [4.69, 9.17) is 9.05 Å². The first-order valence-corrected chi connectivity index (χ1v) is 7.76. The fourth-order valence-electron chi connectivity index (χ4n) is 1.43. The van der Waals surface area contributed by atoms with Gasteiger partial charge in [-0.25, -0.2) is 4.57 Å². The van der Waals surface area contributed by atoms with Crippen LogP contribution in [0, 0.1) is 0 Å². The van der Waals surface area contributed by atoms with E-state index in [1.54, 1.807) is 0 Å². The molecule has 0 spiro atoms. The van der Waals surface area contributed by atoms with Gasteiger partial charge in [0, 0.05) is 6.92 Å². The van der Waals surface area contributed by atoms with Crippen molar-refractivity contribution in [2.75, 3.05) is 6.16 Å². The fourth-order valence-corrected chi connectivity index (χ4v) is 3.15. The summed E-state index contributed by atoms with van der Waals surface area (Å²) in [5.74, 6) is -0.567. The van der Waals surface area contributed by atoms with Crippen LogP contribution in [0.25, 0.3) is 0 Å². The summed E-state index contributed by atoms with van der Waals surface area (Å²) in [6, 6.07) is 9.39. The zero-order chi connectivity index (χ0) is 13.4. The highest BCUT2D eigenvalue weighted by molar-refractivity contribution is 7.54. The van der Waals surface area contributed by atoms with E-state index in [-0.39, 0.29) is 12.8 Å². The van der Waals surface area contributed by atoms with Gasteiger partial charge < -0.3 is 4.52 Å². The maximum Gasteiger partial charge on any atom is 0.381 e. The summed E-state index contributed by atoms with van der Waals surface area (Å²) in [6.45, 7) is 3.41. The molecule has 1 unspecified atom stereocenters. The van der Waals surface area contributed by atoms with E-state index in [1.165, 1.54) is 6.92 Å². The highest BCUT2D eigenvalue weighted by Gasteiger charge is 2.26. The molecule has 0 aliphatic rings. The van der Waals surface area contributed by atoms with E-state index in [9.17, 15) is 9.36 Å². The third-order valence-corrected chi connectivity index (χ3v) is 4.25. The number of unbranched alkanes of at least 4 members (excludes halogenated alkanes) is 1. The van der Waals surface area contributed by atoms with Crippen LogP contribution in [0.15, 0.2) is 30.3 Å². The van der Waals surface area contributed by atoms with Gasteiger partial charge in [-0.05, 0) is 12.0 Å². The molecule has 4 nitrogen and oxygen atoms in total. The molecule has 0 aliphatic heterocycles. The first kappa shape index (κ1) is 14.9. The van der Waals surface area contributed by atoms with E-state index in [2.05, 4.69) is 0 Å². The SMILES string of the molecule is CCCCP(=O)(OCc1ccccc1)OC(C)=O. The monoisotopic (exact) mass is 270 g/mol. The van der Waals surface area contributed by atoms with Crippen molar-refractivity contribution < 1.29 is 18.4 Å². The van der Waals surface area contributed by atoms with Crippen LogP contribution in [-0.2, 0) is 25.0 Å². The molecule has 1 atom stereocenters. The summed E-state index contributed by atoms with van der Waals surface area (Å²) >= 11 is 0. The second-order valence-corrected chi connectivity index (χ2v) is 6.14. The maximum absolute atomic E-state index is 12.3. The Morgan fingerprint density at radius 2 is 1.94 bits per heavy atom. The molecule has 0 amide bonds. The first-order valence-electron chi connectivity index (χ1n) is 6.03. The van der Waals surface area contributed by atoms with Crippen LogP contribution in [0.3, 0.4) is 0 Å². The molecule has 1 rings (SSSR count). The number of hydrogen-bond donors (Lipinski definition) is 0. The highest BCUT2D eigenvalue weighted by atomic mass is 31.2. The van der Waals surface area contributed by atoms with Crippen LogP contribution < -0.4 is 0 Å². The predicted molar refractivity (Wildman–Crippen MR) is 70.4 cm³/mol. The Morgan fingerprint density at radius 1 is 1.28 bits per heavy atom. The molecule has 0 fully saturated rings. The van der Waals surface area contributed by atoms with E-state index < -0.39 is 13.6 Å². The molecule has 1 aromatic carbocycles. The Bertz CT molecular complexity index is 416. The van der Waals surface area contributed by atoms with Crippen molar-refractivity contribution in [2.45, 2.75) is 33.3 Å². The first-order chi connectivity index (χ1) is 8.56. The fraction of sp³-hybridized carbons (Fsp3) is 0.462. The minimum Gasteiger partial charge on any atom is -0.392 e. The number of carbonyl (C=O) groups is 1. The molecule has 0 aliphatic carbocycles. The average molecular weight is 270 g/mol. The van der Waals surface area contributed by atoms with Crippen molar-refractivity contribution in [2.24, 2.45) is 0 Å². The van der Waals surface area contributed by atoms with Gasteiger partial charge in [-0.2, -0.15) is 0 Å². The Morgan fingerprint density at radius 3 is 2.50 bits per heavy atom. The molecule has 0 aromatic heterocycles. The topological polar surface area (TPSA) is 52.6 Å². The van der Waals surface area contributed by atoms with E-state index in [0.29, 0.717) is 6.42 Å². The third kappa shape index (κ3) is 5.48. The molecule has 0 saturated heterocycles. The summed E-state index contributed by atoms with van der Waals surface area (Å²) in [4.78, 5) is 11.0. The summed E-state index contributed by atoms with van der Waals surface area (Å²) in [5, 5.41) is 0. The molecule has 0 saturated carbocycles.